The number of nitrogens with two attached hydrogens (primary N) is 1. The summed E-state index contributed by atoms with van der Waals surface area (Å²) in [6.07, 6.45) is 0. The molecule has 1 rings (SSSR count). The number of ether oxygens (including phenoxy) is 2. The van der Waals surface area contributed by atoms with E-state index >= 15 is 0 Å². The van der Waals surface area contributed by atoms with Crippen molar-refractivity contribution in [3.63, 3.8) is 0 Å². The summed E-state index contributed by atoms with van der Waals surface area (Å²) >= 11 is 0. The van der Waals surface area contributed by atoms with Gasteiger partial charge in [0.05, 0.1) is 19.3 Å². The van der Waals surface area contributed by atoms with Gasteiger partial charge < -0.3 is 20.1 Å². The zero-order chi connectivity index (χ0) is 13.5. The van der Waals surface area contributed by atoms with Gasteiger partial charge in [0, 0.05) is 25.9 Å². The van der Waals surface area contributed by atoms with E-state index in [1.54, 1.807) is 37.3 Å². The number of amides is 1. The molecule has 5 nitrogen and oxygen atoms in total. The van der Waals surface area contributed by atoms with Crippen LogP contribution in [0, 0.1) is 0 Å². The predicted molar refractivity (Wildman–Crippen MR) is 70.9 cm³/mol. The highest BCUT2D eigenvalue weighted by atomic mass is 16.5. The Morgan fingerprint density at radius 3 is 2.67 bits per heavy atom. The van der Waals surface area contributed by atoms with E-state index < -0.39 is 0 Å². The van der Waals surface area contributed by atoms with Crippen molar-refractivity contribution < 1.29 is 14.3 Å². The first-order valence-corrected chi connectivity index (χ1v) is 5.85. The lowest BCUT2D eigenvalue weighted by Crippen LogP contribution is -2.34. The fourth-order valence-corrected chi connectivity index (χ4v) is 1.62. The minimum atomic E-state index is -0.106. The summed E-state index contributed by atoms with van der Waals surface area (Å²) in [4.78, 5) is 14.0. The third-order valence-corrected chi connectivity index (χ3v) is 2.73. The second-order valence-electron chi connectivity index (χ2n) is 3.83. The molecule has 0 atom stereocenters. The summed E-state index contributed by atoms with van der Waals surface area (Å²) in [6.45, 7) is 3.58. The Hall–Kier alpha value is -1.75. The summed E-state index contributed by atoms with van der Waals surface area (Å²) in [6, 6.07) is 5.07. The summed E-state index contributed by atoms with van der Waals surface area (Å²) < 4.78 is 10.1. The molecule has 0 aromatic heterocycles. The largest absolute Gasteiger partial charge is 0.497 e. The molecule has 1 aromatic rings. The van der Waals surface area contributed by atoms with E-state index in [0.29, 0.717) is 36.7 Å². The van der Waals surface area contributed by atoms with E-state index in [1.165, 1.54) is 0 Å². The van der Waals surface area contributed by atoms with E-state index in [0.717, 1.165) is 0 Å². The topological polar surface area (TPSA) is 64.8 Å². The minimum Gasteiger partial charge on any atom is -0.497 e. The van der Waals surface area contributed by atoms with Crippen molar-refractivity contribution in [1.29, 1.82) is 0 Å². The SMILES string of the molecule is CCN(CCOC)C(=O)c1cc(OC)ccc1N. The molecule has 1 aromatic carbocycles. The van der Waals surface area contributed by atoms with Crippen LogP contribution in [0.2, 0.25) is 0 Å². The Morgan fingerprint density at radius 2 is 2.11 bits per heavy atom. The molecule has 2 N–H and O–H groups in total. The quantitative estimate of drug-likeness (QED) is 0.777. The third kappa shape index (κ3) is 3.37. The van der Waals surface area contributed by atoms with E-state index in [2.05, 4.69) is 0 Å². The number of nitrogens with zero attached hydrogens (tertiary/aromatic N) is 1. The molecular weight excluding hydrogens is 232 g/mol. The van der Waals surface area contributed by atoms with Crippen molar-refractivity contribution in [3.8, 4) is 5.75 Å². The Bertz CT molecular complexity index is 407. The number of benzene rings is 1. The van der Waals surface area contributed by atoms with Gasteiger partial charge in [0.2, 0.25) is 0 Å². The van der Waals surface area contributed by atoms with Crippen LogP contribution in [0.4, 0.5) is 5.69 Å². The van der Waals surface area contributed by atoms with Crippen molar-refractivity contribution in [2.45, 2.75) is 6.92 Å². The monoisotopic (exact) mass is 252 g/mol. The standard InChI is InChI=1S/C13H20N2O3/c1-4-15(7-8-17-2)13(16)11-9-10(18-3)5-6-12(11)14/h5-6,9H,4,7-8,14H2,1-3H3. The fraction of sp³-hybridized carbons (Fsp3) is 0.462. The molecule has 1 amide bonds. The van der Waals surface area contributed by atoms with Gasteiger partial charge in [0.1, 0.15) is 5.75 Å². The summed E-state index contributed by atoms with van der Waals surface area (Å²) in [7, 11) is 3.17. The summed E-state index contributed by atoms with van der Waals surface area (Å²) in [5, 5.41) is 0. The molecule has 100 valence electrons. The number of nitrogen functional groups attached to an aromatic ring is 1. The average molecular weight is 252 g/mol. The molecule has 0 saturated carbocycles. The van der Waals surface area contributed by atoms with Crippen LogP contribution in [0.3, 0.4) is 0 Å². The third-order valence-electron chi connectivity index (χ3n) is 2.73. The smallest absolute Gasteiger partial charge is 0.256 e. The molecule has 0 heterocycles. The lowest BCUT2D eigenvalue weighted by Gasteiger charge is -2.21. The average Bonchev–Trinajstić information content (AvgIpc) is 2.40. The molecule has 0 unspecified atom stereocenters. The fourth-order valence-electron chi connectivity index (χ4n) is 1.62. The van der Waals surface area contributed by atoms with Crippen molar-refractivity contribution >= 4 is 11.6 Å². The number of rotatable bonds is 6. The van der Waals surface area contributed by atoms with Gasteiger partial charge in [-0.2, -0.15) is 0 Å². The predicted octanol–water partition coefficient (Wildman–Crippen LogP) is 1.39. The zero-order valence-electron chi connectivity index (χ0n) is 11.1. The van der Waals surface area contributed by atoms with Gasteiger partial charge in [-0.15, -0.1) is 0 Å². The number of hydrogen-bond donors (Lipinski definition) is 1. The molecular formula is C13H20N2O3. The number of hydrogen-bond acceptors (Lipinski definition) is 4. The summed E-state index contributed by atoms with van der Waals surface area (Å²) in [5.74, 6) is 0.515. The number of anilines is 1. The first-order chi connectivity index (χ1) is 8.63. The Kier molecular flexibility index (Phi) is 5.45. The Labute approximate surface area is 107 Å². The number of likely N-dealkylation sites (N-methyl/N-ethyl adjacent to an activating group) is 1. The normalized spacial score (nSPS) is 10.2. The van der Waals surface area contributed by atoms with Crippen LogP contribution in [0.15, 0.2) is 18.2 Å². The van der Waals surface area contributed by atoms with Gasteiger partial charge >= 0.3 is 0 Å². The summed E-state index contributed by atoms with van der Waals surface area (Å²) in [5.41, 5.74) is 6.75. The van der Waals surface area contributed by atoms with Crippen molar-refractivity contribution in [1.82, 2.24) is 4.90 Å². The van der Waals surface area contributed by atoms with E-state index in [1.807, 2.05) is 6.92 Å². The first kappa shape index (κ1) is 14.3. The van der Waals surface area contributed by atoms with Gasteiger partial charge in [-0.05, 0) is 25.1 Å². The van der Waals surface area contributed by atoms with Crippen LogP contribution < -0.4 is 10.5 Å². The van der Waals surface area contributed by atoms with Crippen LogP contribution >= 0.6 is 0 Å². The maximum atomic E-state index is 12.3. The van der Waals surface area contributed by atoms with Crippen LogP contribution in [-0.2, 0) is 4.74 Å². The lowest BCUT2D eigenvalue weighted by molar-refractivity contribution is 0.0707. The molecule has 0 radical (unpaired) electrons. The Morgan fingerprint density at radius 1 is 1.39 bits per heavy atom. The van der Waals surface area contributed by atoms with Gasteiger partial charge in [0.25, 0.3) is 5.91 Å². The van der Waals surface area contributed by atoms with Crippen LogP contribution in [0.25, 0.3) is 0 Å². The van der Waals surface area contributed by atoms with Gasteiger partial charge in [-0.1, -0.05) is 0 Å². The maximum absolute atomic E-state index is 12.3. The molecule has 0 fully saturated rings. The van der Waals surface area contributed by atoms with E-state index in [-0.39, 0.29) is 5.91 Å². The molecule has 0 spiro atoms. The van der Waals surface area contributed by atoms with Crippen molar-refractivity contribution in [2.24, 2.45) is 0 Å². The molecule has 0 aliphatic carbocycles. The highest BCUT2D eigenvalue weighted by Crippen LogP contribution is 2.21. The van der Waals surface area contributed by atoms with E-state index in [4.69, 9.17) is 15.2 Å². The molecule has 18 heavy (non-hydrogen) atoms. The molecule has 5 heteroatoms. The van der Waals surface area contributed by atoms with Gasteiger partial charge in [0.15, 0.2) is 0 Å². The number of carbonyl (C=O) groups is 1. The molecule has 0 bridgehead atoms. The first-order valence-electron chi connectivity index (χ1n) is 5.85. The second-order valence-corrected chi connectivity index (χ2v) is 3.83. The van der Waals surface area contributed by atoms with Crippen molar-refractivity contribution in [3.05, 3.63) is 23.8 Å². The van der Waals surface area contributed by atoms with E-state index in [9.17, 15) is 4.79 Å². The highest BCUT2D eigenvalue weighted by Gasteiger charge is 2.17. The van der Waals surface area contributed by atoms with Crippen molar-refractivity contribution in [2.75, 3.05) is 39.6 Å². The molecule has 0 aliphatic heterocycles. The highest BCUT2D eigenvalue weighted by molar-refractivity contribution is 5.99. The minimum absolute atomic E-state index is 0.106. The van der Waals surface area contributed by atoms with Gasteiger partial charge in [-0.3, -0.25) is 4.79 Å². The lowest BCUT2D eigenvalue weighted by atomic mass is 10.1. The second kappa shape index (κ2) is 6.86. The molecule has 0 aliphatic rings. The Balaban J connectivity index is 2.93. The van der Waals surface area contributed by atoms with Crippen LogP contribution in [-0.4, -0.2) is 44.7 Å². The number of carbonyl (C=O) groups excluding carboxylic acids is 1. The zero-order valence-corrected chi connectivity index (χ0v) is 11.1. The van der Waals surface area contributed by atoms with Crippen LogP contribution in [0.1, 0.15) is 17.3 Å². The number of methoxy groups -OCH3 is 2. The van der Waals surface area contributed by atoms with Crippen LogP contribution in [0.5, 0.6) is 5.75 Å². The molecule has 0 saturated heterocycles. The maximum Gasteiger partial charge on any atom is 0.256 e. The van der Waals surface area contributed by atoms with Gasteiger partial charge in [-0.25, -0.2) is 0 Å².